The molecule has 0 heterocycles. The summed E-state index contributed by atoms with van der Waals surface area (Å²) >= 11 is 0. The van der Waals surface area contributed by atoms with E-state index in [1.807, 2.05) is 6.92 Å². The molecular weight excluding hydrogens is 318 g/mol. The molecule has 0 fully saturated rings. The summed E-state index contributed by atoms with van der Waals surface area (Å²) < 4.78 is 30.2. The van der Waals surface area contributed by atoms with Gasteiger partial charge in [0.15, 0.2) is 0 Å². The van der Waals surface area contributed by atoms with Gasteiger partial charge >= 0.3 is 6.03 Å². The van der Waals surface area contributed by atoms with Crippen molar-refractivity contribution in [2.45, 2.75) is 25.8 Å². The van der Waals surface area contributed by atoms with Gasteiger partial charge in [-0.25, -0.2) is 13.2 Å². The summed E-state index contributed by atoms with van der Waals surface area (Å²) in [5.41, 5.74) is 0.703. The predicted molar refractivity (Wildman–Crippen MR) is 92.5 cm³/mol. The van der Waals surface area contributed by atoms with Crippen molar-refractivity contribution in [2.24, 2.45) is 0 Å². The van der Waals surface area contributed by atoms with Gasteiger partial charge in [0.25, 0.3) is 0 Å². The van der Waals surface area contributed by atoms with Crippen LogP contribution in [-0.4, -0.2) is 33.9 Å². The molecule has 0 aliphatic carbocycles. The molecule has 0 spiro atoms. The van der Waals surface area contributed by atoms with Crippen molar-refractivity contribution in [2.75, 3.05) is 23.4 Å². The lowest BCUT2D eigenvalue weighted by atomic mass is 10.1. The normalized spacial score (nSPS) is 12.1. The second-order valence-corrected chi connectivity index (χ2v) is 6.77. The molecular formula is C15H23N3O4S. The van der Waals surface area contributed by atoms with E-state index in [1.54, 1.807) is 18.2 Å². The van der Waals surface area contributed by atoms with Crippen molar-refractivity contribution in [3.8, 4) is 5.75 Å². The Labute approximate surface area is 137 Å². The molecule has 0 bridgehead atoms. The monoisotopic (exact) mass is 341 g/mol. The quantitative estimate of drug-likeness (QED) is 0.633. The Kier molecular flexibility index (Phi) is 6.89. The van der Waals surface area contributed by atoms with Gasteiger partial charge in [0, 0.05) is 11.7 Å². The Morgan fingerprint density at radius 1 is 1.43 bits per heavy atom. The van der Waals surface area contributed by atoms with Gasteiger partial charge in [0.1, 0.15) is 5.75 Å². The molecule has 0 aromatic heterocycles. The molecule has 128 valence electrons. The third-order valence-electron chi connectivity index (χ3n) is 3.03. The number of methoxy groups -OCH3 is 1. The highest BCUT2D eigenvalue weighted by molar-refractivity contribution is 7.92. The number of hydrogen-bond donors (Lipinski definition) is 3. The van der Waals surface area contributed by atoms with Crippen molar-refractivity contribution in [3.63, 3.8) is 0 Å². The number of carbonyl (C=O) groups excluding carboxylic acids is 1. The van der Waals surface area contributed by atoms with Crippen LogP contribution in [0.5, 0.6) is 5.75 Å². The maximum absolute atomic E-state index is 12.0. The molecule has 1 rings (SSSR count). The van der Waals surface area contributed by atoms with Gasteiger partial charge in [-0.15, -0.1) is 6.58 Å². The Hall–Kier alpha value is -2.22. The van der Waals surface area contributed by atoms with Crippen LogP contribution in [0, 0.1) is 0 Å². The van der Waals surface area contributed by atoms with Crippen molar-refractivity contribution in [1.82, 2.24) is 5.32 Å². The number of nitrogens with one attached hydrogen (secondary N) is 3. The van der Waals surface area contributed by atoms with E-state index in [-0.39, 0.29) is 17.8 Å². The van der Waals surface area contributed by atoms with Crippen LogP contribution in [0.3, 0.4) is 0 Å². The molecule has 2 amide bonds. The lowest BCUT2D eigenvalue weighted by Crippen LogP contribution is -2.37. The number of anilines is 2. The fourth-order valence-corrected chi connectivity index (χ4v) is 2.51. The van der Waals surface area contributed by atoms with E-state index in [1.165, 1.54) is 13.2 Å². The number of amides is 2. The molecule has 0 aliphatic rings. The summed E-state index contributed by atoms with van der Waals surface area (Å²) in [4.78, 5) is 12.0. The molecule has 0 aliphatic heterocycles. The topological polar surface area (TPSA) is 96.5 Å². The summed E-state index contributed by atoms with van der Waals surface area (Å²) in [5.74, 6) is 0.361. The maximum Gasteiger partial charge on any atom is 0.319 e. The second kappa shape index (κ2) is 8.42. The highest BCUT2D eigenvalue weighted by atomic mass is 32.2. The highest BCUT2D eigenvalue weighted by Crippen LogP contribution is 2.28. The van der Waals surface area contributed by atoms with Gasteiger partial charge in [0.2, 0.25) is 10.0 Å². The fraction of sp³-hybridized carbons (Fsp3) is 0.400. The molecule has 1 atom stereocenters. The summed E-state index contributed by atoms with van der Waals surface area (Å²) in [7, 11) is -2.02. The first kappa shape index (κ1) is 18.8. The Morgan fingerprint density at radius 2 is 2.13 bits per heavy atom. The van der Waals surface area contributed by atoms with Crippen LogP contribution in [0.15, 0.2) is 30.9 Å². The fourth-order valence-electron chi connectivity index (χ4n) is 1.95. The molecule has 23 heavy (non-hydrogen) atoms. The third-order valence-corrected chi connectivity index (χ3v) is 3.62. The number of hydrogen-bond acceptors (Lipinski definition) is 4. The van der Waals surface area contributed by atoms with Gasteiger partial charge in [0.05, 0.1) is 19.1 Å². The van der Waals surface area contributed by atoms with Gasteiger partial charge in [-0.3, -0.25) is 4.72 Å². The second-order valence-electron chi connectivity index (χ2n) is 5.02. The summed E-state index contributed by atoms with van der Waals surface area (Å²) in [6.07, 6.45) is 4.24. The molecule has 3 N–H and O–H groups in total. The Bertz CT molecular complexity index is 659. The molecule has 1 aromatic rings. The van der Waals surface area contributed by atoms with Gasteiger partial charge in [-0.2, -0.15) is 0 Å². The zero-order valence-corrected chi connectivity index (χ0v) is 14.4. The number of urea groups is 1. The van der Waals surface area contributed by atoms with Crippen LogP contribution < -0.4 is 20.1 Å². The first-order valence-corrected chi connectivity index (χ1v) is 9.02. The Morgan fingerprint density at radius 3 is 2.65 bits per heavy atom. The first-order chi connectivity index (χ1) is 10.8. The van der Waals surface area contributed by atoms with E-state index >= 15 is 0 Å². The van der Waals surface area contributed by atoms with Crippen molar-refractivity contribution in [1.29, 1.82) is 0 Å². The average Bonchev–Trinajstić information content (AvgIpc) is 2.45. The first-order valence-electron chi connectivity index (χ1n) is 7.13. The van der Waals surface area contributed by atoms with E-state index in [2.05, 4.69) is 21.9 Å². The van der Waals surface area contributed by atoms with Gasteiger partial charge in [-0.1, -0.05) is 13.0 Å². The van der Waals surface area contributed by atoms with E-state index in [4.69, 9.17) is 4.74 Å². The molecule has 8 heteroatoms. The van der Waals surface area contributed by atoms with Gasteiger partial charge < -0.3 is 15.4 Å². The number of rotatable bonds is 8. The summed E-state index contributed by atoms with van der Waals surface area (Å²) in [6, 6.07) is 4.33. The predicted octanol–water partition coefficient (Wildman–Crippen LogP) is 2.54. The smallest absolute Gasteiger partial charge is 0.319 e. The largest absolute Gasteiger partial charge is 0.495 e. The van der Waals surface area contributed by atoms with E-state index in [0.717, 1.165) is 12.7 Å². The van der Waals surface area contributed by atoms with E-state index < -0.39 is 10.0 Å². The van der Waals surface area contributed by atoms with Crippen LogP contribution in [0.4, 0.5) is 16.2 Å². The summed E-state index contributed by atoms with van der Waals surface area (Å²) in [6.45, 7) is 5.62. The summed E-state index contributed by atoms with van der Waals surface area (Å²) in [5, 5.41) is 5.49. The van der Waals surface area contributed by atoms with Crippen LogP contribution in [0.25, 0.3) is 0 Å². The van der Waals surface area contributed by atoms with Crippen molar-refractivity contribution >= 4 is 27.4 Å². The zero-order chi connectivity index (χ0) is 17.5. The van der Waals surface area contributed by atoms with E-state index in [0.29, 0.717) is 17.9 Å². The average molecular weight is 341 g/mol. The minimum Gasteiger partial charge on any atom is -0.495 e. The van der Waals surface area contributed by atoms with E-state index in [9.17, 15) is 13.2 Å². The maximum atomic E-state index is 12.0. The number of sulfonamides is 1. The number of benzene rings is 1. The lowest BCUT2D eigenvalue weighted by molar-refractivity contribution is 0.248. The van der Waals surface area contributed by atoms with Gasteiger partial charge in [-0.05, 0) is 31.0 Å². The minimum atomic E-state index is -3.45. The highest BCUT2D eigenvalue weighted by Gasteiger charge is 2.12. The molecule has 0 unspecified atom stereocenters. The van der Waals surface area contributed by atoms with Crippen LogP contribution in [0.2, 0.25) is 0 Å². The molecule has 0 radical (unpaired) electrons. The lowest BCUT2D eigenvalue weighted by Gasteiger charge is -2.16. The van der Waals surface area contributed by atoms with Crippen LogP contribution in [0.1, 0.15) is 19.8 Å². The number of carbonyl (C=O) groups is 1. The molecule has 7 nitrogen and oxygen atoms in total. The number of ether oxygens (including phenoxy) is 1. The molecule has 0 saturated carbocycles. The Balaban J connectivity index is 2.86. The SMILES string of the molecule is C=CC[C@H](CC)NC(=O)Nc1ccc(OC)c(NS(C)(=O)=O)c1. The third kappa shape index (κ3) is 6.60. The standard InChI is InChI=1S/C15H23N3O4S/c1-5-7-11(6-2)16-15(19)17-12-8-9-14(22-3)13(10-12)18-23(4,20)21/h5,8-11,18H,1,6-7H2,2-4H3,(H2,16,17,19)/t11-/m0/s1. The van der Waals surface area contributed by atoms with Crippen molar-refractivity contribution < 1.29 is 17.9 Å². The molecule has 1 aromatic carbocycles. The van der Waals surface area contributed by atoms with Crippen molar-refractivity contribution in [3.05, 3.63) is 30.9 Å². The molecule has 0 saturated heterocycles. The van der Waals surface area contributed by atoms with Crippen LogP contribution in [-0.2, 0) is 10.0 Å². The zero-order valence-electron chi connectivity index (χ0n) is 13.5. The van der Waals surface area contributed by atoms with Crippen LogP contribution >= 0.6 is 0 Å². The minimum absolute atomic E-state index is 0.000589.